The lowest BCUT2D eigenvalue weighted by Crippen LogP contribution is -2.28. The van der Waals surface area contributed by atoms with Crippen molar-refractivity contribution < 1.29 is 19.4 Å². The SMILES string of the molecule is C=CCNC(=O)COC(=O)c1ccc(CO)cc1. The molecule has 0 bridgehead atoms. The van der Waals surface area contributed by atoms with Crippen molar-refractivity contribution in [3.8, 4) is 0 Å². The van der Waals surface area contributed by atoms with Crippen molar-refractivity contribution >= 4 is 11.9 Å². The highest BCUT2D eigenvalue weighted by atomic mass is 16.5. The Labute approximate surface area is 105 Å². The monoisotopic (exact) mass is 249 g/mol. The number of hydrogen-bond acceptors (Lipinski definition) is 4. The van der Waals surface area contributed by atoms with Gasteiger partial charge in [0.15, 0.2) is 6.61 Å². The van der Waals surface area contributed by atoms with Crippen molar-refractivity contribution in [3.63, 3.8) is 0 Å². The van der Waals surface area contributed by atoms with Crippen molar-refractivity contribution in [2.45, 2.75) is 6.61 Å². The van der Waals surface area contributed by atoms with Crippen LogP contribution >= 0.6 is 0 Å². The summed E-state index contributed by atoms with van der Waals surface area (Å²) in [5, 5.41) is 11.3. The lowest BCUT2D eigenvalue weighted by molar-refractivity contribution is -0.124. The van der Waals surface area contributed by atoms with Crippen LogP contribution in [0.3, 0.4) is 0 Å². The number of nitrogens with one attached hydrogen (secondary N) is 1. The zero-order valence-corrected chi connectivity index (χ0v) is 9.89. The van der Waals surface area contributed by atoms with E-state index in [1.165, 1.54) is 18.2 Å². The van der Waals surface area contributed by atoms with Crippen LogP contribution in [0.25, 0.3) is 0 Å². The average molecular weight is 249 g/mol. The number of ether oxygens (including phenoxy) is 1. The second kappa shape index (κ2) is 7.24. The number of benzene rings is 1. The van der Waals surface area contributed by atoms with Gasteiger partial charge < -0.3 is 15.2 Å². The highest BCUT2D eigenvalue weighted by Crippen LogP contribution is 2.05. The summed E-state index contributed by atoms with van der Waals surface area (Å²) in [5.74, 6) is -0.955. The number of carbonyl (C=O) groups is 2. The van der Waals surface area contributed by atoms with Gasteiger partial charge in [0.2, 0.25) is 0 Å². The number of amides is 1. The van der Waals surface area contributed by atoms with Gasteiger partial charge >= 0.3 is 5.97 Å². The molecule has 0 heterocycles. The first-order valence-electron chi connectivity index (χ1n) is 5.42. The van der Waals surface area contributed by atoms with E-state index < -0.39 is 5.97 Å². The van der Waals surface area contributed by atoms with E-state index in [-0.39, 0.29) is 19.1 Å². The van der Waals surface area contributed by atoms with Gasteiger partial charge in [-0.05, 0) is 17.7 Å². The quantitative estimate of drug-likeness (QED) is 0.573. The molecule has 0 radical (unpaired) electrons. The molecule has 1 rings (SSSR count). The van der Waals surface area contributed by atoms with E-state index in [1.807, 2.05) is 0 Å². The third-order valence-corrected chi connectivity index (χ3v) is 2.15. The molecule has 5 nitrogen and oxygen atoms in total. The number of esters is 1. The van der Waals surface area contributed by atoms with Gasteiger partial charge in [0, 0.05) is 6.54 Å². The van der Waals surface area contributed by atoms with E-state index in [4.69, 9.17) is 9.84 Å². The van der Waals surface area contributed by atoms with Crippen molar-refractivity contribution in [2.75, 3.05) is 13.2 Å². The van der Waals surface area contributed by atoms with Gasteiger partial charge in [0.1, 0.15) is 0 Å². The summed E-state index contributed by atoms with van der Waals surface area (Å²) in [7, 11) is 0. The molecule has 0 spiro atoms. The third kappa shape index (κ3) is 4.39. The highest BCUT2D eigenvalue weighted by Gasteiger charge is 2.09. The zero-order chi connectivity index (χ0) is 13.4. The number of aliphatic hydroxyl groups is 1. The molecule has 96 valence electrons. The zero-order valence-electron chi connectivity index (χ0n) is 9.89. The van der Waals surface area contributed by atoms with Gasteiger partial charge in [-0.1, -0.05) is 18.2 Å². The Balaban J connectivity index is 2.44. The summed E-state index contributed by atoms with van der Waals surface area (Å²) >= 11 is 0. The minimum atomic E-state index is -0.576. The maximum atomic E-state index is 11.5. The smallest absolute Gasteiger partial charge is 0.338 e. The van der Waals surface area contributed by atoms with Crippen molar-refractivity contribution in [2.24, 2.45) is 0 Å². The largest absolute Gasteiger partial charge is 0.452 e. The Morgan fingerprint density at radius 1 is 1.33 bits per heavy atom. The molecule has 0 unspecified atom stereocenters. The molecular formula is C13H15NO4. The molecule has 2 N–H and O–H groups in total. The normalized spacial score (nSPS) is 9.61. The second-order valence-corrected chi connectivity index (χ2v) is 3.52. The lowest BCUT2D eigenvalue weighted by atomic mass is 10.1. The van der Waals surface area contributed by atoms with Crippen LogP contribution in [0.5, 0.6) is 0 Å². The first-order valence-corrected chi connectivity index (χ1v) is 5.42. The van der Waals surface area contributed by atoms with Crippen LogP contribution in [0.1, 0.15) is 15.9 Å². The van der Waals surface area contributed by atoms with E-state index in [9.17, 15) is 9.59 Å². The Bertz CT molecular complexity index is 425. The van der Waals surface area contributed by atoms with Crippen molar-refractivity contribution in [1.82, 2.24) is 5.32 Å². The summed E-state index contributed by atoms with van der Waals surface area (Å²) in [6.45, 7) is 3.37. The summed E-state index contributed by atoms with van der Waals surface area (Å²) in [4.78, 5) is 22.7. The first kappa shape index (κ1) is 13.9. The summed E-state index contributed by atoms with van der Waals surface area (Å²) in [5.41, 5.74) is 1.04. The maximum absolute atomic E-state index is 11.5. The standard InChI is InChI=1S/C13H15NO4/c1-2-7-14-12(16)9-18-13(17)11-5-3-10(8-15)4-6-11/h2-6,15H,1,7-9H2,(H,14,16). The molecule has 0 saturated heterocycles. The highest BCUT2D eigenvalue weighted by molar-refractivity contribution is 5.91. The van der Waals surface area contributed by atoms with Crippen LogP contribution in [0.2, 0.25) is 0 Å². The Kier molecular flexibility index (Phi) is 5.60. The molecule has 0 aliphatic carbocycles. The van der Waals surface area contributed by atoms with Crippen molar-refractivity contribution in [3.05, 3.63) is 48.0 Å². The number of rotatable bonds is 6. The Morgan fingerprint density at radius 2 is 2.00 bits per heavy atom. The van der Waals surface area contributed by atoms with Gasteiger partial charge in [-0.25, -0.2) is 4.79 Å². The average Bonchev–Trinajstić information content (AvgIpc) is 2.42. The topological polar surface area (TPSA) is 75.6 Å². The van der Waals surface area contributed by atoms with Crippen LogP contribution in [0.4, 0.5) is 0 Å². The predicted octanol–water partition coefficient (Wildman–Crippen LogP) is 0.638. The van der Waals surface area contributed by atoms with Crippen LogP contribution in [0.15, 0.2) is 36.9 Å². The minimum Gasteiger partial charge on any atom is -0.452 e. The second-order valence-electron chi connectivity index (χ2n) is 3.52. The van der Waals surface area contributed by atoms with Gasteiger partial charge in [-0.3, -0.25) is 4.79 Å². The van der Waals surface area contributed by atoms with Crippen LogP contribution in [-0.2, 0) is 16.1 Å². The molecule has 5 heteroatoms. The van der Waals surface area contributed by atoms with Gasteiger partial charge in [-0.2, -0.15) is 0 Å². The number of hydrogen-bond donors (Lipinski definition) is 2. The fourth-order valence-electron chi connectivity index (χ4n) is 1.20. The fourth-order valence-corrected chi connectivity index (χ4v) is 1.20. The summed E-state index contributed by atoms with van der Waals surface area (Å²) < 4.78 is 4.81. The Morgan fingerprint density at radius 3 is 2.56 bits per heavy atom. The molecule has 0 aliphatic rings. The van der Waals surface area contributed by atoms with Gasteiger partial charge in [0.05, 0.1) is 12.2 Å². The first-order chi connectivity index (χ1) is 8.67. The summed E-state index contributed by atoms with van der Waals surface area (Å²) in [6.07, 6.45) is 1.54. The van der Waals surface area contributed by atoms with E-state index >= 15 is 0 Å². The molecule has 1 aromatic carbocycles. The van der Waals surface area contributed by atoms with Crippen LogP contribution in [0, 0.1) is 0 Å². The molecule has 0 atom stereocenters. The number of aliphatic hydroxyl groups excluding tert-OH is 1. The third-order valence-electron chi connectivity index (χ3n) is 2.15. The van der Waals surface area contributed by atoms with E-state index in [1.54, 1.807) is 12.1 Å². The molecular weight excluding hydrogens is 234 g/mol. The molecule has 0 saturated carbocycles. The van der Waals surface area contributed by atoms with Crippen LogP contribution < -0.4 is 5.32 Å². The predicted molar refractivity (Wildman–Crippen MR) is 65.9 cm³/mol. The van der Waals surface area contributed by atoms with E-state index in [0.717, 1.165) is 0 Å². The van der Waals surface area contributed by atoms with E-state index in [2.05, 4.69) is 11.9 Å². The fraction of sp³-hybridized carbons (Fsp3) is 0.231. The molecule has 18 heavy (non-hydrogen) atoms. The minimum absolute atomic E-state index is 0.0840. The van der Waals surface area contributed by atoms with E-state index in [0.29, 0.717) is 17.7 Å². The summed E-state index contributed by atoms with van der Waals surface area (Å²) in [6, 6.07) is 6.31. The van der Waals surface area contributed by atoms with Gasteiger partial charge in [0.25, 0.3) is 5.91 Å². The molecule has 0 fully saturated rings. The number of carbonyl (C=O) groups excluding carboxylic acids is 2. The van der Waals surface area contributed by atoms with Crippen LogP contribution in [-0.4, -0.2) is 30.1 Å². The molecule has 0 aromatic heterocycles. The molecule has 1 aromatic rings. The van der Waals surface area contributed by atoms with Gasteiger partial charge in [-0.15, -0.1) is 6.58 Å². The molecule has 1 amide bonds. The van der Waals surface area contributed by atoms with Crippen molar-refractivity contribution in [1.29, 1.82) is 0 Å². The Hall–Kier alpha value is -2.14. The molecule has 0 aliphatic heterocycles. The lowest BCUT2D eigenvalue weighted by Gasteiger charge is -2.05. The maximum Gasteiger partial charge on any atom is 0.338 e.